The number of unbranched alkanes of at least 4 members (excludes halogenated alkanes) is 12. The van der Waals surface area contributed by atoms with Crippen molar-refractivity contribution in [1.82, 2.24) is 15.0 Å². The number of rotatable bonds is 17. The van der Waals surface area contributed by atoms with Gasteiger partial charge in [-0.15, -0.1) is 0 Å². The van der Waals surface area contributed by atoms with Crippen LogP contribution in [0.2, 0.25) is 10.6 Å². The first-order valence-electron chi connectivity index (χ1n) is 11.0. The lowest BCUT2D eigenvalue weighted by molar-refractivity contribution is 0.560. The molecule has 0 saturated heterocycles. The van der Waals surface area contributed by atoms with Crippen molar-refractivity contribution in [2.75, 3.05) is 18.0 Å². The van der Waals surface area contributed by atoms with E-state index in [0.29, 0.717) is 5.95 Å². The third-order valence-corrected chi connectivity index (χ3v) is 5.25. The van der Waals surface area contributed by atoms with Gasteiger partial charge < -0.3 is 4.90 Å². The van der Waals surface area contributed by atoms with E-state index < -0.39 is 0 Å². The molecule has 0 aliphatic carbocycles. The Morgan fingerprint density at radius 2 is 0.926 bits per heavy atom. The van der Waals surface area contributed by atoms with Crippen LogP contribution in [-0.2, 0) is 0 Å². The van der Waals surface area contributed by atoms with Gasteiger partial charge in [0.05, 0.1) is 0 Å². The smallest absolute Gasteiger partial charge is 0.230 e. The van der Waals surface area contributed by atoms with Crippen molar-refractivity contribution in [3.63, 3.8) is 0 Å². The topological polar surface area (TPSA) is 41.9 Å². The summed E-state index contributed by atoms with van der Waals surface area (Å²) in [5.41, 5.74) is 0. The second-order valence-electron chi connectivity index (χ2n) is 7.40. The van der Waals surface area contributed by atoms with Gasteiger partial charge >= 0.3 is 0 Å². The molecule has 1 aromatic rings. The van der Waals surface area contributed by atoms with Crippen LogP contribution in [0.5, 0.6) is 0 Å². The summed E-state index contributed by atoms with van der Waals surface area (Å²) in [5.74, 6) is 0.622. The second-order valence-corrected chi connectivity index (χ2v) is 8.08. The van der Waals surface area contributed by atoms with Crippen molar-refractivity contribution in [3.05, 3.63) is 10.6 Å². The molecular weight excluding hydrogens is 379 g/mol. The molecule has 0 radical (unpaired) electrons. The molecule has 4 nitrogen and oxygen atoms in total. The van der Waals surface area contributed by atoms with E-state index >= 15 is 0 Å². The molecule has 0 bridgehead atoms. The SMILES string of the molecule is CCCCCCCCCN(CCCCCCCCC)c1nc(Cl)nc(Cl)n1. The maximum atomic E-state index is 5.99. The van der Waals surface area contributed by atoms with Crippen molar-refractivity contribution >= 4 is 29.2 Å². The van der Waals surface area contributed by atoms with E-state index in [2.05, 4.69) is 33.7 Å². The highest BCUT2D eigenvalue weighted by Gasteiger charge is 2.12. The fourth-order valence-electron chi connectivity index (χ4n) is 3.29. The number of anilines is 1. The molecule has 6 heteroatoms. The highest BCUT2D eigenvalue weighted by atomic mass is 35.5. The number of aromatic nitrogens is 3. The molecule has 0 amide bonds. The van der Waals surface area contributed by atoms with Crippen molar-refractivity contribution in [3.8, 4) is 0 Å². The lowest BCUT2D eigenvalue weighted by Gasteiger charge is -2.22. The molecule has 0 atom stereocenters. The Bertz CT molecular complexity index is 447. The van der Waals surface area contributed by atoms with Crippen molar-refractivity contribution < 1.29 is 0 Å². The van der Waals surface area contributed by atoms with Crippen LogP contribution in [0, 0.1) is 0 Å². The van der Waals surface area contributed by atoms with Crippen LogP contribution in [0.1, 0.15) is 104 Å². The molecule has 156 valence electrons. The fourth-order valence-corrected chi connectivity index (χ4v) is 3.64. The Labute approximate surface area is 176 Å². The lowest BCUT2D eigenvalue weighted by atomic mass is 10.1. The summed E-state index contributed by atoms with van der Waals surface area (Å²) in [7, 11) is 0. The molecule has 1 heterocycles. The average molecular weight is 417 g/mol. The van der Waals surface area contributed by atoms with Crippen LogP contribution in [-0.4, -0.2) is 28.0 Å². The molecule has 0 N–H and O–H groups in total. The molecule has 0 fully saturated rings. The van der Waals surface area contributed by atoms with Crippen molar-refractivity contribution in [2.45, 2.75) is 104 Å². The van der Waals surface area contributed by atoms with Gasteiger partial charge in [-0.3, -0.25) is 0 Å². The highest BCUT2D eigenvalue weighted by Crippen LogP contribution is 2.17. The van der Waals surface area contributed by atoms with E-state index in [-0.39, 0.29) is 10.6 Å². The molecule has 0 aliphatic rings. The zero-order valence-electron chi connectivity index (χ0n) is 17.4. The van der Waals surface area contributed by atoms with E-state index in [4.69, 9.17) is 23.2 Å². The van der Waals surface area contributed by atoms with Crippen LogP contribution in [0.3, 0.4) is 0 Å². The van der Waals surface area contributed by atoms with Gasteiger partial charge in [0, 0.05) is 13.1 Å². The number of halogens is 2. The second kappa shape index (κ2) is 16.4. The largest absolute Gasteiger partial charge is 0.341 e. The molecule has 1 aromatic heterocycles. The minimum atomic E-state index is 0.175. The molecular formula is C21H38Cl2N4. The van der Waals surface area contributed by atoms with Gasteiger partial charge in [0.15, 0.2) is 0 Å². The monoisotopic (exact) mass is 416 g/mol. The molecule has 0 unspecified atom stereocenters. The summed E-state index contributed by atoms with van der Waals surface area (Å²) in [6.45, 7) is 6.43. The van der Waals surface area contributed by atoms with E-state index in [1.54, 1.807) is 0 Å². The van der Waals surface area contributed by atoms with Crippen molar-refractivity contribution in [2.24, 2.45) is 0 Å². The van der Waals surface area contributed by atoms with Crippen molar-refractivity contribution in [1.29, 1.82) is 0 Å². The van der Waals surface area contributed by atoms with Gasteiger partial charge in [0.25, 0.3) is 0 Å². The number of nitrogens with zero attached hydrogens (tertiary/aromatic N) is 4. The zero-order chi connectivity index (χ0) is 19.7. The maximum Gasteiger partial charge on any atom is 0.230 e. The van der Waals surface area contributed by atoms with Gasteiger partial charge in [-0.1, -0.05) is 90.9 Å². The van der Waals surface area contributed by atoms with Crippen LogP contribution in [0.15, 0.2) is 0 Å². The summed E-state index contributed by atoms with van der Waals surface area (Å²) in [4.78, 5) is 14.7. The number of hydrogen-bond donors (Lipinski definition) is 0. The Kier molecular flexibility index (Phi) is 14.8. The molecule has 27 heavy (non-hydrogen) atoms. The maximum absolute atomic E-state index is 5.99. The van der Waals surface area contributed by atoms with Crippen LogP contribution in [0.4, 0.5) is 5.95 Å². The Morgan fingerprint density at radius 3 is 1.33 bits per heavy atom. The average Bonchev–Trinajstić information content (AvgIpc) is 2.64. The van der Waals surface area contributed by atoms with Gasteiger partial charge in [-0.05, 0) is 36.0 Å². The summed E-state index contributed by atoms with van der Waals surface area (Å²) < 4.78 is 0. The first-order chi connectivity index (χ1) is 13.2. The lowest BCUT2D eigenvalue weighted by Crippen LogP contribution is -2.28. The van der Waals surface area contributed by atoms with Gasteiger partial charge in [-0.2, -0.15) is 15.0 Å². The first kappa shape index (κ1) is 24.4. The molecule has 0 aliphatic heterocycles. The minimum Gasteiger partial charge on any atom is -0.341 e. The Balaban J connectivity index is 2.39. The predicted molar refractivity (Wildman–Crippen MR) is 118 cm³/mol. The fraction of sp³-hybridized carbons (Fsp3) is 0.857. The predicted octanol–water partition coefficient (Wildman–Crippen LogP) is 7.49. The first-order valence-corrected chi connectivity index (χ1v) is 11.7. The van der Waals surface area contributed by atoms with Crippen LogP contribution < -0.4 is 4.90 Å². The van der Waals surface area contributed by atoms with E-state index in [1.807, 2.05) is 0 Å². The summed E-state index contributed by atoms with van der Waals surface area (Å²) in [6, 6.07) is 0. The summed E-state index contributed by atoms with van der Waals surface area (Å²) in [6.07, 6.45) is 18.1. The zero-order valence-corrected chi connectivity index (χ0v) is 18.9. The van der Waals surface area contributed by atoms with Gasteiger partial charge in [-0.25, -0.2) is 0 Å². The normalized spacial score (nSPS) is 11.1. The quantitative estimate of drug-likeness (QED) is 0.246. The van der Waals surface area contributed by atoms with Gasteiger partial charge in [0.1, 0.15) is 0 Å². The molecule has 1 rings (SSSR count). The third kappa shape index (κ3) is 12.5. The van der Waals surface area contributed by atoms with E-state index in [9.17, 15) is 0 Å². The van der Waals surface area contributed by atoms with Crippen LogP contribution in [0.25, 0.3) is 0 Å². The highest BCUT2D eigenvalue weighted by molar-refractivity contribution is 6.31. The van der Waals surface area contributed by atoms with E-state index in [1.165, 1.54) is 77.0 Å². The molecule has 0 spiro atoms. The minimum absolute atomic E-state index is 0.175. The Morgan fingerprint density at radius 1 is 0.556 bits per heavy atom. The van der Waals surface area contributed by atoms with Gasteiger partial charge in [0.2, 0.25) is 16.5 Å². The van der Waals surface area contributed by atoms with E-state index in [0.717, 1.165) is 25.9 Å². The molecule has 0 saturated carbocycles. The number of hydrogen-bond acceptors (Lipinski definition) is 4. The third-order valence-electron chi connectivity index (χ3n) is 4.92. The van der Waals surface area contributed by atoms with Crippen LogP contribution >= 0.6 is 23.2 Å². The Hall–Kier alpha value is -0.610. The molecule has 0 aromatic carbocycles. The summed E-state index contributed by atoms with van der Waals surface area (Å²) >= 11 is 12.0. The standard InChI is InChI=1S/C21H38Cl2N4/c1-3-5-7-9-11-13-15-17-27(18-16-14-12-10-8-6-4-2)21-25-19(22)24-20(23)26-21/h3-18H2,1-2H3. The summed E-state index contributed by atoms with van der Waals surface area (Å²) in [5, 5.41) is 0.350.